The minimum atomic E-state index is -1.06. The first-order chi connectivity index (χ1) is 10.9. The van der Waals surface area contributed by atoms with Gasteiger partial charge in [0.2, 0.25) is 5.78 Å². The Labute approximate surface area is 133 Å². The fraction of sp³-hybridized carbons (Fsp3) is 0.294. The van der Waals surface area contributed by atoms with Gasteiger partial charge in [0, 0.05) is 17.6 Å². The molecule has 2 atom stereocenters. The summed E-state index contributed by atoms with van der Waals surface area (Å²) in [5.74, 6) is -1.29. The van der Waals surface area contributed by atoms with Crippen LogP contribution < -0.4 is 4.74 Å². The molecule has 0 fully saturated rings. The number of phenols is 1. The fourth-order valence-electron chi connectivity index (χ4n) is 2.42. The van der Waals surface area contributed by atoms with Gasteiger partial charge in [0.05, 0.1) is 20.3 Å². The van der Waals surface area contributed by atoms with E-state index in [9.17, 15) is 19.8 Å². The van der Waals surface area contributed by atoms with Gasteiger partial charge in [0.25, 0.3) is 0 Å². The number of ether oxygens (including phenoxy) is 2. The van der Waals surface area contributed by atoms with E-state index < -0.39 is 17.8 Å². The van der Waals surface area contributed by atoms with E-state index >= 15 is 0 Å². The van der Waals surface area contributed by atoms with Crippen LogP contribution in [0.2, 0.25) is 0 Å². The molecule has 1 aliphatic rings. The van der Waals surface area contributed by atoms with Gasteiger partial charge < -0.3 is 19.7 Å². The van der Waals surface area contributed by atoms with Crippen LogP contribution in [0.1, 0.15) is 18.6 Å². The smallest absolute Gasteiger partial charge is 0.220 e. The van der Waals surface area contributed by atoms with Crippen LogP contribution in [0.15, 0.2) is 41.7 Å². The van der Waals surface area contributed by atoms with Gasteiger partial charge >= 0.3 is 0 Å². The number of aliphatic hydroxyl groups is 1. The van der Waals surface area contributed by atoms with Crippen molar-refractivity contribution in [3.63, 3.8) is 0 Å². The van der Waals surface area contributed by atoms with Crippen molar-refractivity contribution in [3.05, 3.63) is 47.2 Å². The number of methoxy groups -OCH3 is 2. The van der Waals surface area contributed by atoms with E-state index in [1.54, 1.807) is 13.0 Å². The standard InChI is InChI=1S/C17H18O6/c1-9(11-7-14(20)16(23-3)8-12(11)18)17(21)10-4-5-15(22-2)13(19)6-10/h4-9,17,19,21H,1-3H3/t9-,17-/m0/s1. The summed E-state index contributed by atoms with van der Waals surface area (Å²) in [7, 11) is 2.73. The Balaban J connectivity index is 2.26. The van der Waals surface area contributed by atoms with Gasteiger partial charge in [-0.1, -0.05) is 13.0 Å². The molecule has 1 aliphatic carbocycles. The monoisotopic (exact) mass is 318 g/mol. The molecule has 0 saturated carbocycles. The average molecular weight is 318 g/mol. The Morgan fingerprint density at radius 2 is 1.74 bits per heavy atom. The van der Waals surface area contributed by atoms with Gasteiger partial charge in [0.15, 0.2) is 23.0 Å². The number of hydrogen-bond acceptors (Lipinski definition) is 6. The SMILES string of the molecule is COC1=CC(=O)C([C@H](C)[C@H](O)c2ccc(OC)c(O)c2)=CC1=O. The van der Waals surface area contributed by atoms with Crippen LogP contribution in [0.25, 0.3) is 0 Å². The molecule has 1 aromatic rings. The Morgan fingerprint density at radius 1 is 1.04 bits per heavy atom. The quantitative estimate of drug-likeness (QED) is 0.802. The number of allylic oxidation sites excluding steroid dienone is 2. The maximum absolute atomic E-state index is 12.1. The lowest BCUT2D eigenvalue weighted by atomic mass is 9.85. The van der Waals surface area contributed by atoms with Gasteiger partial charge in [-0.25, -0.2) is 0 Å². The number of carbonyl (C=O) groups excluding carboxylic acids is 2. The first-order valence-corrected chi connectivity index (χ1v) is 7.00. The number of hydrogen-bond donors (Lipinski definition) is 2. The normalized spacial score (nSPS) is 17.2. The molecule has 2 N–H and O–H groups in total. The molecule has 0 saturated heterocycles. The number of aromatic hydroxyl groups is 1. The topological polar surface area (TPSA) is 93.1 Å². The molecule has 122 valence electrons. The second kappa shape index (κ2) is 6.66. The van der Waals surface area contributed by atoms with Gasteiger partial charge in [0.1, 0.15) is 0 Å². The fourth-order valence-corrected chi connectivity index (χ4v) is 2.42. The number of aliphatic hydroxyl groups excluding tert-OH is 1. The second-order valence-electron chi connectivity index (χ2n) is 5.21. The summed E-state index contributed by atoms with van der Waals surface area (Å²) in [6, 6.07) is 4.48. The molecule has 6 heteroatoms. The van der Waals surface area contributed by atoms with Crippen LogP contribution in [0.4, 0.5) is 0 Å². The molecule has 0 amide bonds. The molecule has 0 radical (unpaired) electrons. The second-order valence-corrected chi connectivity index (χ2v) is 5.21. The highest BCUT2D eigenvalue weighted by molar-refractivity contribution is 6.19. The summed E-state index contributed by atoms with van der Waals surface area (Å²) in [5.41, 5.74) is 0.608. The third kappa shape index (κ3) is 3.27. The Bertz CT molecular complexity index is 701. The summed E-state index contributed by atoms with van der Waals surface area (Å²) < 4.78 is 9.77. The first kappa shape index (κ1) is 16.8. The van der Waals surface area contributed by atoms with Crippen LogP contribution in [-0.2, 0) is 14.3 Å². The van der Waals surface area contributed by atoms with Crippen LogP contribution in [0.3, 0.4) is 0 Å². The van der Waals surface area contributed by atoms with Gasteiger partial charge in [-0.05, 0) is 23.8 Å². The molecule has 2 rings (SSSR count). The number of rotatable bonds is 5. The summed E-state index contributed by atoms with van der Waals surface area (Å²) in [6.07, 6.45) is 1.23. The molecule has 23 heavy (non-hydrogen) atoms. The van der Waals surface area contributed by atoms with E-state index in [0.717, 1.165) is 6.08 Å². The molecule has 0 heterocycles. The molecule has 6 nitrogen and oxygen atoms in total. The number of benzene rings is 1. The minimum absolute atomic E-state index is 0.0254. The van der Waals surface area contributed by atoms with E-state index in [1.807, 2.05) is 0 Å². The molecule has 0 aliphatic heterocycles. The van der Waals surface area contributed by atoms with E-state index in [2.05, 4.69) is 0 Å². The van der Waals surface area contributed by atoms with Crippen molar-refractivity contribution in [1.29, 1.82) is 0 Å². The first-order valence-electron chi connectivity index (χ1n) is 7.00. The molecule has 0 aromatic heterocycles. The van der Waals surface area contributed by atoms with Crippen LogP contribution >= 0.6 is 0 Å². The Hall–Kier alpha value is -2.60. The molecular weight excluding hydrogens is 300 g/mol. The van der Waals surface area contributed by atoms with E-state index in [-0.39, 0.29) is 28.6 Å². The van der Waals surface area contributed by atoms with Crippen LogP contribution in [0, 0.1) is 5.92 Å². The van der Waals surface area contributed by atoms with E-state index in [1.165, 1.54) is 32.4 Å². The van der Waals surface area contributed by atoms with Gasteiger partial charge in [-0.2, -0.15) is 0 Å². The lowest BCUT2D eigenvalue weighted by Crippen LogP contribution is -2.22. The van der Waals surface area contributed by atoms with Crippen molar-refractivity contribution < 1.29 is 29.3 Å². The predicted octanol–water partition coefficient (Wildman–Crippen LogP) is 1.68. The zero-order valence-corrected chi connectivity index (χ0v) is 13.1. The summed E-state index contributed by atoms with van der Waals surface area (Å²) in [4.78, 5) is 23.9. The molecule has 1 aromatic carbocycles. The molecule has 0 unspecified atom stereocenters. The average Bonchev–Trinajstić information content (AvgIpc) is 2.55. The predicted molar refractivity (Wildman–Crippen MR) is 82.0 cm³/mol. The Morgan fingerprint density at radius 3 is 2.30 bits per heavy atom. The maximum Gasteiger partial charge on any atom is 0.220 e. The van der Waals surface area contributed by atoms with Crippen molar-refractivity contribution in [2.24, 2.45) is 5.92 Å². The van der Waals surface area contributed by atoms with Crippen molar-refractivity contribution in [2.45, 2.75) is 13.0 Å². The van der Waals surface area contributed by atoms with Gasteiger partial charge in [-0.15, -0.1) is 0 Å². The lowest BCUT2D eigenvalue weighted by molar-refractivity contribution is -0.117. The van der Waals surface area contributed by atoms with Crippen molar-refractivity contribution in [2.75, 3.05) is 14.2 Å². The molecule has 0 bridgehead atoms. The highest BCUT2D eigenvalue weighted by atomic mass is 16.5. The molecular formula is C17H18O6. The van der Waals surface area contributed by atoms with Crippen LogP contribution in [0.5, 0.6) is 11.5 Å². The van der Waals surface area contributed by atoms with Gasteiger partial charge in [-0.3, -0.25) is 9.59 Å². The van der Waals surface area contributed by atoms with E-state index in [0.29, 0.717) is 5.56 Å². The third-order valence-corrected chi connectivity index (χ3v) is 3.80. The largest absolute Gasteiger partial charge is 0.504 e. The minimum Gasteiger partial charge on any atom is -0.504 e. The maximum atomic E-state index is 12.1. The highest BCUT2D eigenvalue weighted by Gasteiger charge is 2.29. The highest BCUT2D eigenvalue weighted by Crippen LogP contribution is 2.34. The van der Waals surface area contributed by atoms with E-state index in [4.69, 9.17) is 9.47 Å². The zero-order valence-electron chi connectivity index (χ0n) is 13.1. The zero-order chi connectivity index (χ0) is 17.1. The third-order valence-electron chi connectivity index (χ3n) is 3.80. The van der Waals surface area contributed by atoms with Crippen molar-refractivity contribution in [1.82, 2.24) is 0 Å². The summed E-state index contributed by atoms with van der Waals surface area (Å²) in [6.45, 7) is 1.63. The Kier molecular flexibility index (Phi) is 4.86. The van der Waals surface area contributed by atoms with Crippen molar-refractivity contribution >= 4 is 11.6 Å². The number of carbonyl (C=O) groups is 2. The van der Waals surface area contributed by atoms with Crippen LogP contribution in [-0.4, -0.2) is 36.0 Å². The van der Waals surface area contributed by atoms with Crippen molar-refractivity contribution in [3.8, 4) is 11.5 Å². The number of ketones is 2. The summed E-state index contributed by atoms with van der Waals surface area (Å²) in [5, 5.41) is 20.2. The summed E-state index contributed by atoms with van der Waals surface area (Å²) >= 11 is 0. The lowest BCUT2D eigenvalue weighted by Gasteiger charge is -2.23. The molecule has 0 spiro atoms. The number of phenolic OH excluding ortho intramolecular Hbond substituents is 1.